The molecule has 3 rings (SSSR count). The monoisotopic (exact) mass is 419 g/mol. The predicted molar refractivity (Wildman–Crippen MR) is 115 cm³/mol. The maximum Gasteiger partial charge on any atom is 0.262 e. The third kappa shape index (κ3) is 5.18. The third-order valence-electron chi connectivity index (χ3n) is 5.18. The van der Waals surface area contributed by atoms with Gasteiger partial charge in [-0.25, -0.2) is 0 Å². The number of hydrogen-bond acceptors (Lipinski definition) is 5. The second-order valence-corrected chi connectivity index (χ2v) is 7.64. The fraction of sp³-hybridized carbons (Fsp3) is 0.571. The van der Waals surface area contributed by atoms with E-state index in [0.29, 0.717) is 40.4 Å². The second kappa shape index (κ2) is 9.91. The lowest BCUT2D eigenvalue weighted by Gasteiger charge is -2.22. The van der Waals surface area contributed by atoms with Crippen molar-refractivity contribution in [1.29, 1.82) is 0 Å². The van der Waals surface area contributed by atoms with Crippen LogP contribution in [0.15, 0.2) is 16.9 Å². The molecule has 7 nitrogen and oxygen atoms in total. The van der Waals surface area contributed by atoms with Crippen molar-refractivity contribution in [1.82, 2.24) is 14.9 Å². The molecule has 2 aromatic rings. The number of aromatic amines is 1. The molecule has 2 N–H and O–H groups in total. The van der Waals surface area contributed by atoms with E-state index in [-0.39, 0.29) is 30.5 Å². The van der Waals surface area contributed by atoms with Crippen LogP contribution in [0.2, 0.25) is 0 Å². The molecule has 29 heavy (non-hydrogen) atoms. The number of H-pyrrole nitrogens is 1. The standard InChI is InChI=1S/C21H29N3O4S/c1-3-27-17-12-15-16(13-18(17)28-4-2)23-21(29)24(20(15)26)11-10-19(25)22-14-8-6-5-7-9-14/h12-14H,3-11H2,1-2H3,(H,22,25)(H,23,29). The van der Waals surface area contributed by atoms with E-state index in [0.717, 1.165) is 25.7 Å². The van der Waals surface area contributed by atoms with E-state index in [1.165, 1.54) is 11.0 Å². The first-order valence-corrected chi connectivity index (χ1v) is 10.8. The number of fused-ring (bicyclic) bond motifs is 1. The van der Waals surface area contributed by atoms with Gasteiger partial charge in [0.1, 0.15) is 0 Å². The van der Waals surface area contributed by atoms with E-state index in [2.05, 4.69) is 10.3 Å². The number of benzene rings is 1. The van der Waals surface area contributed by atoms with Crippen LogP contribution in [-0.2, 0) is 11.3 Å². The summed E-state index contributed by atoms with van der Waals surface area (Å²) in [5, 5.41) is 3.53. The van der Waals surface area contributed by atoms with Crippen LogP contribution in [0.1, 0.15) is 52.4 Å². The Labute approximate surface area is 175 Å². The van der Waals surface area contributed by atoms with Gasteiger partial charge in [-0.2, -0.15) is 0 Å². The maximum atomic E-state index is 13.0. The molecular formula is C21H29N3O4S. The number of nitrogens with zero attached hydrogens (tertiary/aromatic N) is 1. The van der Waals surface area contributed by atoms with Crippen molar-refractivity contribution < 1.29 is 14.3 Å². The number of carbonyl (C=O) groups is 1. The van der Waals surface area contributed by atoms with Crippen LogP contribution < -0.4 is 20.3 Å². The molecule has 0 atom stereocenters. The molecule has 0 bridgehead atoms. The quantitative estimate of drug-likeness (QED) is 0.638. The summed E-state index contributed by atoms with van der Waals surface area (Å²) in [6.45, 7) is 4.95. The average molecular weight is 420 g/mol. The van der Waals surface area contributed by atoms with Gasteiger partial charge >= 0.3 is 0 Å². The van der Waals surface area contributed by atoms with Crippen molar-refractivity contribution >= 4 is 29.0 Å². The molecule has 0 aliphatic heterocycles. The summed E-state index contributed by atoms with van der Waals surface area (Å²) >= 11 is 5.38. The van der Waals surface area contributed by atoms with Gasteiger partial charge in [0, 0.05) is 25.1 Å². The Morgan fingerprint density at radius 1 is 1.17 bits per heavy atom. The topological polar surface area (TPSA) is 85.4 Å². The summed E-state index contributed by atoms with van der Waals surface area (Å²) in [6.07, 6.45) is 5.84. The minimum Gasteiger partial charge on any atom is -0.490 e. The summed E-state index contributed by atoms with van der Waals surface area (Å²) < 4.78 is 13.0. The van der Waals surface area contributed by atoms with E-state index in [1.54, 1.807) is 12.1 Å². The summed E-state index contributed by atoms with van der Waals surface area (Å²) in [5.74, 6) is 1.04. The Bertz CT molecular complexity index is 976. The first-order chi connectivity index (χ1) is 14.0. The molecule has 0 radical (unpaired) electrons. The third-order valence-corrected chi connectivity index (χ3v) is 5.50. The highest BCUT2D eigenvalue weighted by Gasteiger charge is 2.17. The van der Waals surface area contributed by atoms with Crippen molar-refractivity contribution in [2.75, 3.05) is 13.2 Å². The van der Waals surface area contributed by atoms with Gasteiger partial charge in [-0.1, -0.05) is 19.3 Å². The molecule has 1 fully saturated rings. The fourth-order valence-electron chi connectivity index (χ4n) is 3.76. The van der Waals surface area contributed by atoms with Crippen molar-refractivity contribution in [2.45, 2.75) is 65.0 Å². The van der Waals surface area contributed by atoms with Crippen molar-refractivity contribution in [3.05, 3.63) is 27.3 Å². The lowest BCUT2D eigenvalue weighted by Crippen LogP contribution is -2.37. The van der Waals surface area contributed by atoms with Crippen LogP contribution in [0.3, 0.4) is 0 Å². The summed E-state index contributed by atoms with van der Waals surface area (Å²) in [7, 11) is 0. The normalized spacial score (nSPS) is 14.7. The van der Waals surface area contributed by atoms with Crippen molar-refractivity contribution in [3.63, 3.8) is 0 Å². The average Bonchev–Trinajstić information content (AvgIpc) is 2.70. The first kappa shape index (κ1) is 21.4. The Morgan fingerprint density at radius 2 is 1.83 bits per heavy atom. The Hall–Kier alpha value is -2.35. The largest absolute Gasteiger partial charge is 0.490 e. The Kier molecular flexibility index (Phi) is 7.30. The van der Waals surface area contributed by atoms with Crippen molar-refractivity contribution in [2.24, 2.45) is 0 Å². The molecule has 1 aromatic carbocycles. The summed E-state index contributed by atoms with van der Waals surface area (Å²) in [6, 6.07) is 3.67. The van der Waals surface area contributed by atoms with Crippen LogP contribution in [0, 0.1) is 4.77 Å². The van der Waals surface area contributed by atoms with E-state index < -0.39 is 0 Å². The minimum absolute atomic E-state index is 0.0417. The lowest BCUT2D eigenvalue weighted by molar-refractivity contribution is -0.122. The van der Waals surface area contributed by atoms with E-state index in [4.69, 9.17) is 21.7 Å². The van der Waals surface area contributed by atoms with Gasteiger partial charge in [0.2, 0.25) is 5.91 Å². The molecule has 1 aliphatic carbocycles. The van der Waals surface area contributed by atoms with Crippen LogP contribution in [0.4, 0.5) is 0 Å². The molecule has 1 amide bonds. The zero-order valence-corrected chi connectivity index (χ0v) is 17.9. The van der Waals surface area contributed by atoms with Crippen LogP contribution in [-0.4, -0.2) is 34.7 Å². The van der Waals surface area contributed by atoms with Gasteiger partial charge in [-0.05, 0) is 45.0 Å². The maximum absolute atomic E-state index is 13.0. The molecule has 1 aliphatic rings. The zero-order valence-electron chi connectivity index (χ0n) is 17.1. The summed E-state index contributed by atoms with van der Waals surface area (Å²) in [4.78, 5) is 28.4. The van der Waals surface area contributed by atoms with Gasteiger partial charge < -0.3 is 19.8 Å². The number of aromatic nitrogens is 2. The van der Waals surface area contributed by atoms with E-state index in [1.807, 2.05) is 13.8 Å². The van der Waals surface area contributed by atoms with Gasteiger partial charge in [0.05, 0.1) is 24.1 Å². The molecule has 8 heteroatoms. The summed E-state index contributed by atoms with van der Waals surface area (Å²) in [5.41, 5.74) is 0.355. The smallest absolute Gasteiger partial charge is 0.262 e. The van der Waals surface area contributed by atoms with Gasteiger partial charge in [0.15, 0.2) is 16.3 Å². The molecule has 1 saturated carbocycles. The molecule has 0 spiro atoms. The molecule has 1 aromatic heterocycles. The predicted octanol–water partition coefficient (Wildman–Crippen LogP) is 3.70. The van der Waals surface area contributed by atoms with Crippen molar-refractivity contribution in [3.8, 4) is 11.5 Å². The SMILES string of the molecule is CCOc1cc2[nH]c(=S)n(CCC(=O)NC3CCCCC3)c(=O)c2cc1OCC. The van der Waals surface area contributed by atoms with E-state index in [9.17, 15) is 9.59 Å². The second-order valence-electron chi connectivity index (χ2n) is 7.25. The molecule has 1 heterocycles. The highest BCUT2D eigenvalue weighted by molar-refractivity contribution is 7.71. The number of carbonyl (C=O) groups excluding carboxylic acids is 1. The zero-order chi connectivity index (χ0) is 20.8. The number of nitrogens with one attached hydrogen (secondary N) is 2. The Morgan fingerprint density at radius 3 is 2.48 bits per heavy atom. The van der Waals surface area contributed by atoms with Crippen LogP contribution >= 0.6 is 12.2 Å². The lowest BCUT2D eigenvalue weighted by atomic mass is 9.95. The van der Waals surface area contributed by atoms with Crippen LogP contribution in [0.25, 0.3) is 10.9 Å². The van der Waals surface area contributed by atoms with E-state index >= 15 is 0 Å². The highest BCUT2D eigenvalue weighted by atomic mass is 32.1. The molecular weight excluding hydrogens is 390 g/mol. The number of ether oxygens (including phenoxy) is 2. The Balaban J connectivity index is 1.82. The minimum atomic E-state index is -0.238. The number of amides is 1. The first-order valence-electron chi connectivity index (χ1n) is 10.4. The fourth-order valence-corrected chi connectivity index (χ4v) is 4.04. The number of rotatable bonds is 8. The van der Waals surface area contributed by atoms with Crippen LogP contribution in [0.5, 0.6) is 11.5 Å². The number of hydrogen-bond donors (Lipinski definition) is 2. The van der Waals surface area contributed by atoms with Gasteiger partial charge in [-0.3, -0.25) is 14.2 Å². The molecule has 158 valence electrons. The molecule has 0 saturated heterocycles. The van der Waals surface area contributed by atoms with Gasteiger partial charge in [-0.15, -0.1) is 0 Å². The van der Waals surface area contributed by atoms with Gasteiger partial charge in [0.25, 0.3) is 5.56 Å². The molecule has 0 unspecified atom stereocenters. The highest BCUT2D eigenvalue weighted by Crippen LogP contribution is 2.30.